The Kier molecular flexibility index (Phi) is 8.50. The largest absolute Gasteiger partial charge is 0.310 e. The van der Waals surface area contributed by atoms with Gasteiger partial charge in [0.15, 0.2) is 0 Å². The first-order valence-electron chi connectivity index (χ1n) is 19.8. The molecule has 0 amide bonds. The molecule has 1 heteroatoms. The van der Waals surface area contributed by atoms with Crippen LogP contribution >= 0.6 is 0 Å². The first-order chi connectivity index (χ1) is 28.2. The predicted molar refractivity (Wildman–Crippen MR) is 241 cm³/mol. The van der Waals surface area contributed by atoms with Crippen molar-refractivity contribution in [1.82, 2.24) is 0 Å². The van der Waals surface area contributed by atoms with Crippen molar-refractivity contribution in [2.75, 3.05) is 4.90 Å². The maximum Gasteiger partial charge on any atom is 0.0731 e. The number of fused-ring (bicyclic) bond motifs is 10. The highest BCUT2D eigenvalue weighted by Crippen LogP contribution is 2.64. The minimum absolute atomic E-state index is 0.411. The highest BCUT2D eigenvalue weighted by molar-refractivity contribution is 5.99. The van der Waals surface area contributed by atoms with Gasteiger partial charge in [0.1, 0.15) is 0 Å². The summed E-state index contributed by atoms with van der Waals surface area (Å²) in [4.78, 5) is 2.36. The van der Waals surface area contributed by atoms with Crippen LogP contribution in [0.4, 0.5) is 17.1 Å². The monoisotopic (exact) mass is 727 g/mol. The van der Waals surface area contributed by atoms with E-state index in [0.717, 1.165) is 28.2 Å². The van der Waals surface area contributed by atoms with Crippen LogP contribution in [0, 0.1) is 0 Å². The molecule has 0 N–H and O–H groups in total. The average Bonchev–Trinajstić information content (AvgIpc) is 3.75. The van der Waals surface area contributed by atoms with E-state index in [2.05, 4.69) is 225 Å². The van der Waals surface area contributed by atoms with E-state index in [-0.39, 0.29) is 0 Å². The molecule has 0 saturated carbocycles. The number of allylic oxidation sites excluding steroid dienone is 5. The molecule has 2 aliphatic carbocycles. The molecule has 1 nitrogen and oxygen atoms in total. The first-order valence-corrected chi connectivity index (χ1v) is 19.8. The number of anilines is 3. The van der Waals surface area contributed by atoms with Gasteiger partial charge in [-0.3, -0.25) is 0 Å². The van der Waals surface area contributed by atoms with E-state index in [0.29, 0.717) is 0 Å². The summed E-state index contributed by atoms with van der Waals surface area (Å²) in [7, 11) is 0. The van der Waals surface area contributed by atoms with E-state index >= 15 is 0 Å². The summed E-state index contributed by atoms with van der Waals surface area (Å²) >= 11 is 0. The van der Waals surface area contributed by atoms with E-state index in [1.807, 2.05) is 12.2 Å². The zero-order chi connectivity index (χ0) is 38.3. The van der Waals surface area contributed by atoms with E-state index in [1.165, 1.54) is 66.8 Å². The summed E-state index contributed by atoms with van der Waals surface area (Å²) < 4.78 is 0. The standard InChI is InChI=1S/C56H41N/c1-3-5-17-39(4-2)43-20-15-21-46(38-43)57(44-34-30-41(31-35-44)40-18-7-6-8-19-40)45-36-32-42(33-37-45)47-25-16-26-51-50-24-11-14-29-54(50)56(55(47)51)52-27-12-9-22-48(52)49-23-10-13-28-53(49)56/h3-38H,1H2,2H3/b17-5-,39-4+. The summed E-state index contributed by atoms with van der Waals surface area (Å²) in [6, 6.07) is 71.5. The second kappa shape index (κ2) is 14.1. The third kappa shape index (κ3) is 5.46. The van der Waals surface area contributed by atoms with Crippen molar-refractivity contribution < 1.29 is 0 Å². The third-order valence-corrected chi connectivity index (χ3v) is 11.8. The normalized spacial score (nSPS) is 13.2. The Labute approximate surface area is 335 Å². The van der Waals surface area contributed by atoms with Crippen LogP contribution in [0.3, 0.4) is 0 Å². The molecule has 0 saturated heterocycles. The van der Waals surface area contributed by atoms with Crippen LogP contribution in [-0.2, 0) is 5.41 Å². The Morgan fingerprint density at radius 2 is 0.947 bits per heavy atom. The zero-order valence-corrected chi connectivity index (χ0v) is 31.9. The summed E-state index contributed by atoms with van der Waals surface area (Å²) in [5.74, 6) is 0. The fourth-order valence-corrected chi connectivity index (χ4v) is 9.42. The summed E-state index contributed by atoms with van der Waals surface area (Å²) in [5, 5.41) is 0. The molecule has 0 atom stereocenters. The lowest BCUT2D eigenvalue weighted by molar-refractivity contribution is 0.796. The molecule has 10 rings (SSSR count). The molecule has 0 aliphatic heterocycles. The van der Waals surface area contributed by atoms with Crippen LogP contribution in [-0.4, -0.2) is 0 Å². The second-order valence-electron chi connectivity index (χ2n) is 14.8. The highest BCUT2D eigenvalue weighted by Gasteiger charge is 2.52. The van der Waals surface area contributed by atoms with E-state index in [4.69, 9.17) is 0 Å². The maximum atomic E-state index is 3.89. The number of benzene rings is 8. The molecule has 0 fully saturated rings. The van der Waals surface area contributed by atoms with Crippen LogP contribution in [0.2, 0.25) is 0 Å². The molecule has 1 spiro atoms. The Morgan fingerprint density at radius 3 is 1.54 bits per heavy atom. The predicted octanol–water partition coefficient (Wildman–Crippen LogP) is 15.0. The molecule has 2 aliphatic rings. The fraction of sp³-hybridized carbons (Fsp3) is 0.0357. The number of nitrogens with zero attached hydrogens (tertiary/aromatic N) is 1. The van der Waals surface area contributed by atoms with Crippen molar-refractivity contribution in [3.63, 3.8) is 0 Å². The van der Waals surface area contributed by atoms with E-state index in [1.54, 1.807) is 0 Å². The van der Waals surface area contributed by atoms with Crippen molar-refractivity contribution >= 4 is 22.6 Å². The number of hydrogen-bond acceptors (Lipinski definition) is 1. The molecular weight excluding hydrogens is 687 g/mol. The van der Waals surface area contributed by atoms with Gasteiger partial charge in [0, 0.05) is 17.1 Å². The fourth-order valence-electron chi connectivity index (χ4n) is 9.42. The Hall–Kier alpha value is -7.22. The quantitative estimate of drug-likeness (QED) is 0.141. The maximum absolute atomic E-state index is 3.89. The Balaban J connectivity index is 1.13. The van der Waals surface area contributed by atoms with Gasteiger partial charge in [-0.2, -0.15) is 0 Å². The zero-order valence-electron chi connectivity index (χ0n) is 31.9. The van der Waals surface area contributed by atoms with E-state index in [9.17, 15) is 0 Å². The highest BCUT2D eigenvalue weighted by atomic mass is 15.1. The second-order valence-corrected chi connectivity index (χ2v) is 14.8. The van der Waals surface area contributed by atoms with Crippen molar-refractivity contribution in [3.05, 3.63) is 253 Å². The van der Waals surface area contributed by atoms with Crippen LogP contribution in [0.1, 0.15) is 34.7 Å². The molecule has 57 heavy (non-hydrogen) atoms. The third-order valence-electron chi connectivity index (χ3n) is 11.8. The van der Waals surface area contributed by atoms with Gasteiger partial charge in [-0.15, -0.1) is 0 Å². The lowest BCUT2D eigenvalue weighted by Crippen LogP contribution is -2.26. The minimum atomic E-state index is -0.411. The summed E-state index contributed by atoms with van der Waals surface area (Å²) in [6.45, 7) is 5.97. The SMILES string of the molecule is C=C/C=C\C(=C/C)c1cccc(N(c2ccc(-c3ccccc3)cc2)c2ccc(-c3cccc4c3C3(c5ccccc5-c5ccccc53)c3ccccc3-4)cc2)c1. The molecule has 0 bridgehead atoms. The number of rotatable bonds is 8. The van der Waals surface area contributed by atoms with Crippen LogP contribution < -0.4 is 4.90 Å². The minimum Gasteiger partial charge on any atom is -0.310 e. The average molecular weight is 728 g/mol. The molecule has 270 valence electrons. The van der Waals surface area contributed by atoms with Gasteiger partial charge in [0.2, 0.25) is 0 Å². The van der Waals surface area contributed by atoms with Crippen LogP contribution in [0.5, 0.6) is 0 Å². The van der Waals surface area contributed by atoms with Crippen molar-refractivity contribution in [2.24, 2.45) is 0 Å². The van der Waals surface area contributed by atoms with Gasteiger partial charge in [-0.05, 0) is 121 Å². The van der Waals surface area contributed by atoms with Gasteiger partial charge in [-0.25, -0.2) is 0 Å². The smallest absolute Gasteiger partial charge is 0.0731 e. The molecule has 8 aromatic carbocycles. The molecule has 0 heterocycles. The van der Waals surface area contributed by atoms with E-state index < -0.39 is 5.41 Å². The van der Waals surface area contributed by atoms with Gasteiger partial charge in [-0.1, -0.05) is 189 Å². The molecule has 0 aromatic heterocycles. The lowest BCUT2D eigenvalue weighted by Gasteiger charge is -2.32. The number of hydrogen-bond donors (Lipinski definition) is 0. The van der Waals surface area contributed by atoms with Crippen molar-refractivity contribution in [2.45, 2.75) is 12.3 Å². The molecule has 0 radical (unpaired) electrons. The first kappa shape index (κ1) is 34.3. The lowest BCUT2D eigenvalue weighted by atomic mass is 9.68. The van der Waals surface area contributed by atoms with Gasteiger partial charge in [0.25, 0.3) is 0 Å². The Morgan fingerprint density at radius 1 is 0.456 bits per heavy atom. The molecule has 0 unspecified atom stereocenters. The molecule has 8 aromatic rings. The van der Waals surface area contributed by atoms with Crippen molar-refractivity contribution in [1.29, 1.82) is 0 Å². The van der Waals surface area contributed by atoms with Gasteiger partial charge < -0.3 is 4.90 Å². The Bertz CT molecular complexity index is 2790. The van der Waals surface area contributed by atoms with Crippen LogP contribution in [0.25, 0.3) is 50.1 Å². The van der Waals surface area contributed by atoms with Gasteiger partial charge >= 0.3 is 0 Å². The molecular formula is C56H41N. The van der Waals surface area contributed by atoms with Gasteiger partial charge in [0.05, 0.1) is 5.41 Å². The van der Waals surface area contributed by atoms with Crippen molar-refractivity contribution in [3.8, 4) is 44.5 Å². The summed E-state index contributed by atoms with van der Waals surface area (Å²) in [5.41, 5.74) is 20.7. The summed E-state index contributed by atoms with van der Waals surface area (Å²) in [6.07, 6.45) is 8.08. The van der Waals surface area contributed by atoms with Crippen LogP contribution in [0.15, 0.2) is 225 Å². The topological polar surface area (TPSA) is 3.24 Å².